The molecule has 0 aliphatic rings. The molecule has 0 fully saturated rings. The molecule has 2 rings (SSSR count). The van der Waals surface area contributed by atoms with Gasteiger partial charge >= 0.3 is 0 Å². The number of benzene rings is 1. The number of rotatable bonds is 6. The molecule has 1 aromatic heterocycles. The third-order valence-corrected chi connectivity index (χ3v) is 4.03. The van der Waals surface area contributed by atoms with E-state index in [-0.39, 0.29) is 0 Å². The van der Waals surface area contributed by atoms with Gasteiger partial charge in [-0.3, -0.25) is 0 Å². The van der Waals surface area contributed by atoms with Gasteiger partial charge in [-0.05, 0) is 44.2 Å². The average molecular weight is 275 g/mol. The summed E-state index contributed by atoms with van der Waals surface area (Å²) in [5.74, 6) is 0.979. The van der Waals surface area contributed by atoms with E-state index in [1.165, 1.54) is 20.9 Å². The number of hydrogen-bond donors (Lipinski definition) is 1. The van der Waals surface area contributed by atoms with Gasteiger partial charge in [-0.25, -0.2) is 0 Å². The predicted octanol–water partition coefficient (Wildman–Crippen LogP) is 4.05. The zero-order chi connectivity index (χ0) is 13.7. The molecular formula is C16H21NOS. The van der Waals surface area contributed by atoms with Gasteiger partial charge in [0.15, 0.2) is 0 Å². The summed E-state index contributed by atoms with van der Waals surface area (Å²) >= 11 is 1.81. The highest BCUT2D eigenvalue weighted by Crippen LogP contribution is 2.22. The maximum atomic E-state index is 5.89. The molecule has 0 amide bonds. The third-order valence-electron chi connectivity index (χ3n) is 2.97. The van der Waals surface area contributed by atoms with E-state index >= 15 is 0 Å². The van der Waals surface area contributed by atoms with Gasteiger partial charge < -0.3 is 10.1 Å². The second kappa shape index (κ2) is 6.73. The Hall–Kier alpha value is -1.32. The largest absolute Gasteiger partial charge is 0.488 e. The van der Waals surface area contributed by atoms with Crippen LogP contribution in [0.1, 0.15) is 27.8 Å². The van der Waals surface area contributed by atoms with Crippen LogP contribution in [-0.4, -0.2) is 6.54 Å². The summed E-state index contributed by atoms with van der Waals surface area (Å²) in [5.41, 5.74) is 2.47. The van der Waals surface area contributed by atoms with Crippen molar-refractivity contribution in [2.45, 2.75) is 33.9 Å². The highest BCUT2D eigenvalue weighted by molar-refractivity contribution is 7.11. The molecule has 0 saturated heterocycles. The molecule has 2 aromatic rings. The van der Waals surface area contributed by atoms with Crippen molar-refractivity contribution in [2.24, 2.45) is 0 Å². The van der Waals surface area contributed by atoms with Gasteiger partial charge in [0.25, 0.3) is 0 Å². The maximum Gasteiger partial charge on any atom is 0.122 e. The second-order valence-electron chi connectivity index (χ2n) is 4.71. The van der Waals surface area contributed by atoms with E-state index in [4.69, 9.17) is 4.74 Å². The molecule has 0 saturated carbocycles. The fourth-order valence-corrected chi connectivity index (χ4v) is 2.85. The summed E-state index contributed by atoms with van der Waals surface area (Å²) in [5, 5.41) is 3.34. The summed E-state index contributed by atoms with van der Waals surface area (Å²) in [6, 6.07) is 10.6. The highest BCUT2D eigenvalue weighted by atomic mass is 32.1. The molecule has 19 heavy (non-hydrogen) atoms. The lowest BCUT2D eigenvalue weighted by atomic mass is 10.1. The van der Waals surface area contributed by atoms with Crippen molar-refractivity contribution < 1.29 is 4.74 Å². The molecule has 2 nitrogen and oxygen atoms in total. The standard InChI is InChI=1S/C16H21NOS/c1-4-17-10-14-6-7-15(19-14)11-18-16-8-5-12(2)9-13(16)3/h5-9,17H,4,10-11H2,1-3H3. The Labute approximate surface area is 119 Å². The number of aryl methyl sites for hydroxylation is 2. The number of nitrogens with one attached hydrogen (secondary N) is 1. The van der Waals surface area contributed by atoms with Crippen molar-refractivity contribution in [1.29, 1.82) is 0 Å². The lowest BCUT2D eigenvalue weighted by Gasteiger charge is -2.08. The summed E-state index contributed by atoms with van der Waals surface area (Å²) in [7, 11) is 0. The van der Waals surface area contributed by atoms with Crippen LogP contribution in [0.4, 0.5) is 0 Å². The van der Waals surface area contributed by atoms with Crippen LogP contribution in [0, 0.1) is 13.8 Å². The third kappa shape index (κ3) is 4.08. The Kier molecular flexibility index (Phi) is 5.00. The van der Waals surface area contributed by atoms with E-state index < -0.39 is 0 Å². The molecule has 1 heterocycles. The van der Waals surface area contributed by atoms with Crippen LogP contribution in [0.25, 0.3) is 0 Å². The normalized spacial score (nSPS) is 10.7. The van der Waals surface area contributed by atoms with Crippen LogP contribution < -0.4 is 10.1 Å². The lowest BCUT2D eigenvalue weighted by Crippen LogP contribution is -2.10. The minimum atomic E-state index is 0.653. The fourth-order valence-electron chi connectivity index (χ4n) is 1.95. The van der Waals surface area contributed by atoms with Crippen molar-refractivity contribution >= 4 is 11.3 Å². The van der Waals surface area contributed by atoms with Gasteiger partial charge in [-0.2, -0.15) is 0 Å². The van der Waals surface area contributed by atoms with Gasteiger partial charge in [0.05, 0.1) is 0 Å². The van der Waals surface area contributed by atoms with Gasteiger partial charge in [-0.1, -0.05) is 24.6 Å². The minimum absolute atomic E-state index is 0.653. The molecule has 1 aromatic carbocycles. The van der Waals surface area contributed by atoms with Crippen LogP contribution in [-0.2, 0) is 13.2 Å². The van der Waals surface area contributed by atoms with E-state index in [0.717, 1.165) is 18.8 Å². The molecule has 1 N–H and O–H groups in total. The van der Waals surface area contributed by atoms with Crippen molar-refractivity contribution in [2.75, 3.05) is 6.54 Å². The molecule has 0 bridgehead atoms. The maximum absolute atomic E-state index is 5.89. The van der Waals surface area contributed by atoms with Crippen LogP contribution in [0.2, 0.25) is 0 Å². The molecule has 0 atom stereocenters. The summed E-state index contributed by atoms with van der Waals surface area (Å²) in [6.45, 7) is 8.92. The summed E-state index contributed by atoms with van der Waals surface area (Å²) in [4.78, 5) is 2.63. The zero-order valence-electron chi connectivity index (χ0n) is 11.8. The average Bonchev–Trinajstić information content (AvgIpc) is 2.83. The highest BCUT2D eigenvalue weighted by Gasteiger charge is 2.03. The zero-order valence-corrected chi connectivity index (χ0v) is 12.6. The van der Waals surface area contributed by atoms with E-state index in [9.17, 15) is 0 Å². The molecule has 102 valence electrons. The lowest BCUT2D eigenvalue weighted by molar-refractivity contribution is 0.307. The van der Waals surface area contributed by atoms with E-state index in [1.54, 1.807) is 0 Å². The number of thiophene rings is 1. The quantitative estimate of drug-likeness (QED) is 0.858. The monoisotopic (exact) mass is 275 g/mol. The van der Waals surface area contributed by atoms with Gasteiger partial charge in [0.2, 0.25) is 0 Å². The Balaban J connectivity index is 1.92. The Morgan fingerprint density at radius 3 is 2.63 bits per heavy atom. The van der Waals surface area contributed by atoms with E-state index in [1.807, 2.05) is 11.3 Å². The van der Waals surface area contributed by atoms with Gasteiger partial charge in [0.1, 0.15) is 12.4 Å². The van der Waals surface area contributed by atoms with Gasteiger partial charge in [-0.15, -0.1) is 11.3 Å². The van der Waals surface area contributed by atoms with Crippen molar-refractivity contribution in [3.8, 4) is 5.75 Å². The first-order valence-electron chi connectivity index (χ1n) is 6.67. The number of hydrogen-bond acceptors (Lipinski definition) is 3. The van der Waals surface area contributed by atoms with Crippen LogP contribution in [0.15, 0.2) is 30.3 Å². The minimum Gasteiger partial charge on any atom is -0.488 e. The van der Waals surface area contributed by atoms with Crippen molar-refractivity contribution in [3.63, 3.8) is 0 Å². The second-order valence-corrected chi connectivity index (χ2v) is 5.96. The first-order chi connectivity index (χ1) is 9.19. The molecule has 0 aliphatic heterocycles. The van der Waals surface area contributed by atoms with E-state index in [2.05, 4.69) is 56.4 Å². The Morgan fingerprint density at radius 2 is 1.89 bits per heavy atom. The number of ether oxygens (including phenoxy) is 1. The molecular weight excluding hydrogens is 254 g/mol. The Morgan fingerprint density at radius 1 is 1.11 bits per heavy atom. The predicted molar refractivity (Wildman–Crippen MR) is 81.9 cm³/mol. The first-order valence-corrected chi connectivity index (χ1v) is 7.49. The molecule has 3 heteroatoms. The van der Waals surface area contributed by atoms with Crippen LogP contribution in [0.3, 0.4) is 0 Å². The molecule has 0 aliphatic carbocycles. The summed E-state index contributed by atoms with van der Waals surface area (Å²) < 4.78 is 5.89. The molecule has 0 spiro atoms. The van der Waals surface area contributed by atoms with Crippen molar-refractivity contribution in [3.05, 3.63) is 51.2 Å². The Bertz CT molecular complexity index is 533. The molecule has 0 unspecified atom stereocenters. The van der Waals surface area contributed by atoms with E-state index in [0.29, 0.717) is 6.61 Å². The first kappa shape index (κ1) is 14.1. The molecule has 0 radical (unpaired) electrons. The summed E-state index contributed by atoms with van der Waals surface area (Å²) in [6.07, 6.45) is 0. The SMILES string of the molecule is CCNCc1ccc(COc2ccc(C)cc2C)s1. The fraction of sp³-hybridized carbons (Fsp3) is 0.375. The van der Waals surface area contributed by atoms with Crippen molar-refractivity contribution in [1.82, 2.24) is 5.32 Å². The van der Waals surface area contributed by atoms with Crippen LogP contribution in [0.5, 0.6) is 5.75 Å². The van der Waals surface area contributed by atoms with Crippen LogP contribution >= 0.6 is 11.3 Å². The van der Waals surface area contributed by atoms with Gasteiger partial charge in [0, 0.05) is 16.3 Å². The topological polar surface area (TPSA) is 21.3 Å². The smallest absolute Gasteiger partial charge is 0.122 e.